The van der Waals surface area contributed by atoms with Crippen molar-refractivity contribution in [2.24, 2.45) is 0 Å². The number of hydrogen-bond acceptors (Lipinski definition) is 4. The van der Waals surface area contributed by atoms with E-state index in [1.165, 1.54) is 11.3 Å². The average molecular weight is 329 g/mol. The number of carbonyl (C=O) groups is 1. The van der Waals surface area contributed by atoms with Crippen LogP contribution >= 0.6 is 23.1 Å². The van der Waals surface area contributed by atoms with Crippen molar-refractivity contribution in [2.75, 3.05) is 5.32 Å². The highest BCUT2D eigenvalue weighted by Crippen LogP contribution is 2.32. The van der Waals surface area contributed by atoms with Gasteiger partial charge in [0, 0.05) is 22.0 Å². The van der Waals surface area contributed by atoms with E-state index in [4.69, 9.17) is 5.11 Å². The number of carboxylic acid groups (broad SMARTS) is 1. The number of thiophene rings is 1. The van der Waals surface area contributed by atoms with Crippen LogP contribution in [0.15, 0.2) is 35.2 Å². The molecule has 0 saturated carbocycles. The smallest absolute Gasteiger partial charge is 0.345 e. The monoisotopic (exact) mass is 329 g/mol. The van der Waals surface area contributed by atoms with Gasteiger partial charge in [-0.1, -0.05) is 23.9 Å². The molecule has 0 aliphatic heterocycles. The molecule has 2 N–H and O–H groups in total. The maximum absolute atomic E-state index is 12.5. The van der Waals surface area contributed by atoms with Gasteiger partial charge in [-0.3, -0.25) is 0 Å². The molecule has 0 aliphatic rings. The largest absolute Gasteiger partial charge is 0.477 e. The molecule has 0 atom stereocenters. The normalized spacial score (nSPS) is 10.9. The molecule has 0 fully saturated rings. The van der Waals surface area contributed by atoms with E-state index in [0.29, 0.717) is 28.9 Å². The highest BCUT2D eigenvalue weighted by Gasteiger charge is 2.12. The van der Waals surface area contributed by atoms with Gasteiger partial charge in [0.1, 0.15) is 4.88 Å². The molecule has 0 radical (unpaired) electrons. The van der Waals surface area contributed by atoms with Crippen molar-refractivity contribution < 1.29 is 18.7 Å². The van der Waals surface area contributed by atoms with Crippen molar-refractivity contribution >= 4 is 34.8 Å². The van der Waals surface area contributed by atoms with E-state index in [2.05, 4.69) is 5.32 Å². The Balaban J connectivity index is 2.11. The lowest BCUT2D eigenvalue weighted by molar-refractivity contribution is 0.0702. The van der Waals surface area contributed by atoms with Crippen molar-refractivity contribution in [1.29, 1.82) is 0 Å². The Labute approximate surface area is 129 Å². The van der Waals surface area contributed by atoms with Crippen LogP contribution in [-0.2, 0) is 6.54 Å². The number of anilines is 1. The third-order valence-corrected chi connectivity index (χ3v) is 4.67. The van der Waals surface area contributed by atoms with Crippen molar-refractivity contribution in [3.8, 4) is 0 Å². The van der Waals surface area contributed by atoms with Crippen LogP contribution in [0.3, 0.4) is 0 Å². The van der Waals surface area contributed by atoms with E-state index in [9.17, 15) is 13.6 Å². The lowest BCUT2D eigenvalue weighted by Crippen LogP contribution is -2.01. The summed E-state index contributed by atoms with van der Waals surface area (Å²) in [6.45, 7) is 2.24. The Kier molecular flexibility index (Phi) is 5.19. The van der Waals surface area contributed by atoms with Crippen LogP contribution in [0.1, 0.15) is 20.1 Å². The number of aryl methyl sites for hydroxylation is 1. The average Bonchev–Trinajstić information content (AvgIpc) is 2.79. The topological polar surface area (TPSA) is 49.3 Å². The summed E-state index contributed by atoms with van der Waals surface area (Å²) < 4.78 is 25.0. The van der Waals surface area contributed by atoms with Crippen molar-refractivity contribution in [2.45, 2.75) is 24.1 Å². The first-order chi connectivity index (χ1) is 9.97. The first-order valence-corrected chi connectivity index (χ1v) is 7.77. The van der Waals surface area contributed by atoms with Gasteiger partial charge < -0.3 is 10.4 Å². The fraction of sp³-hybridized carbons (Fsp3) is 0.214. The minimum atomic E-state index is -2.48. The van der Waals surface area contributed by atoms with Crippen LogP contribution in [0.25, 0.3) is 0 Å². The van der Waals surface area contributed by atoms with Crippen LogP contribution in [0, 0.1) is 6.92 Å². The number of halogens is 2. The molecule has 7 heteroatoms. The molecule has 2 rings (SSSR count). The first-order valence-electron chi connectivity index (χ1n) is 6.07. The molecule has 1 heterocycles. The van der Waals surface area contributed by atoms with Gasteiger partial charge in [0.2, 0.25) is 0 Å². The summed E-state index contributed by atoms with van der Waals surface area (Å²) in [7, 11) is 0. The lowest BCUT2D eigenvalue weighted by atomic mass is 10.2. The lowest BCUT2D eigenvalue weighted by Gasteiger charge is -2.11. The van der Waals surface area contributed by atoms with Crippen LogP contribution in [0.2, 0.25) is 0 Å². The molecular formula is C14H13F2NO2S2. The fourth-order valence-electron chi connectivity index (χ4n) is 1.80. The number of nitrogens with one attached hydrogen (secondary N) is 1. The number of carboxylic acids is 1. The molecule has 0 amide bonds. The third-order valence-electron chi connectivity index (χ3n) is 2.80. The molecular weight excluding hydrogens is 316 g/mol. The van der Waals surface area contributed by atoms with Gasteiger partial charge in [-0.05, 0) is 30.7 Å². The summed E-state index contributed by atoms with van der Waals surface area (Å²) in [6.07, 6.45) is 0. The number of benzene rings is 1. The Hall–Kier alpha value is -1.60. The van der Waals surface area contributed by atoms with Crippen LogP contribution in [-0.4, -0.2) is 16.8 Å². The summed E-state index contributed by atoms with van der Waals surface area (Å²) in [5, 5.41) is 12.0. The standard InChI is InChI=1S/C14H13F2NO2S2/c1-8-9(6-12(20-8)13(18)19)7-17-10-4-2-3-5-11(10)21-14(15)16/h2-6,14,17H,7H2,1H3,(H,18,19). The predicted octanol–water partition coefficient (Wildman–Crippen LogP) is 4.68. The summed E-state index contributed by atoms with van der Waals surface area (Å²) >= 11 is 1.69. The second kappa shape index (κ2) is 6.91. The summed E-state index contributed by atoms with van der Waals surface area (Å²) in [5.74, 6) is -3.43. The molecule has 0 spiro atoms. The molecule has 0 unspecified atom stereocenters. The van der Waals surface area contributed by atoms with Crippen LogP contribution < -0.4 is 5.32 Å². The zero-order chi connectivity index (χ0) is 15.4. The maximum atomic E-state index is 12.5. The quantitative estimate of drug-likeness (QED) is 0.755. The highest BCUT2D eigenvalue weighted by atomic mass is 32.2. The van der Waals surface area contributed by atoms with Gasteiger partial charge in [-0.15, -0.1) is 11.3 Å². The second-order valence-corrected chi connectivity index (χ2v) is 6.51. The van der Waals surface area contributed by atoms with Gasteiger partial charge >= 0.3 is 5.97 Å². The summed E-state index contributed by atoms with van der Waals surface area (Å²) in [4.78, 5) is 12.6. The first kappa shape index (κ1) is 15.8. The molecule has 112 valence electrons. The minimum Gasteiger partial charge on any atom is -0.477 e. The number of aromatic carboxylic acids is 1. The molecule has 3 nitrogen and oxygen atoms in total. The molecule has 0 bridgehead atoms. The maximum Gasteiger partial charge on any atom is 0.345 e. The fourth-order valence-corrected chi connectivity index (χ4v) is 3.30. The van der Waals surface area contributed by atoms with E-state index in [1.54, 1.807) is 30.3 Å². The highest BCUT2D eigenvalue weighted by molar-refractivity contribution is 7.99. The van der Waals surface area contributed by atoms with E-state index < -0.39 is 11.7 Å². The molecule has 2 aromatic rings. The Morgan fingerprint density at radius 1 is 1.43 bits per heavy atom. The Morgan fingerprint density at radius 2 is 2.14 bits per heavy atom. The van der Waals surface area contributed by atoms with Crippen molar-refractivity contribution in [1.82, 2.24) is 0 Å². The molecule has 0 saturated heterocycles. The Morgan fingerprint density at radius 3 is 2.76 bits per heavy atom. The molecule has 1 aromatic carbocycles. The SMILES string of the molecule is Cc1sc(C(=O)O)cc1CNc1ccccc1SC(F)F. The zero-order valence-electron chi connectivity index (χ0n) is 11.1. The zero-order valence-corrected chi connectivity index (χ0v) is 12.7. The second-order valence-electron chi connectivity index (χ2n) is 4.23. The number of rotatable bonds is 6. The molecule has 1 aromatic heterocycles. The third kappa shape index (κ3) is 4.18. The molecule has 0 aliphatic carbocycles. The van der Waals surface area contributed by atoms with E-state index in [1.807, 2.05) is 6.92 Å². The van der Waals surface area contributed by atoms with Gasteiger partial charge in [0.05, 0.1) is 0 Å². The summed E-state index contributed by atoms with van der Waals surface area (Å²) in [6, 6.07) is 8.43. The van der Waals surface area contributed by atoms with E-state index >= 15 is 0 Å². The van der Waals surface area contributed by atoms with Crippen LogP contribution in [0.5, 0.6) is 0 Å². The van der Waals surface area contributed by atoms with Crippen molar-refractivity contribution in [3.63, 3.8) is 0 Å². The van der Waals surface area contributed by atoms with Gasteiger partial charge in [-0.2, -0.15) is 8.78 Å². The number of hydrogen-bond donors (Lipinski definition) is 2. The summed E-state index contributed by atoms with van der Waals surface area (Å²) in [5.41, 5.74) is 1.47. The predicted molar refractivity (Wildman–Crippen MR) is 81.6 cm³/mol. The van der Waals surface area contributed by atoms with Gasteiger partial charge in [-0.25, -0.2) is 4.79 Å². The van der Waals surface area contributed by atoms with E-state index in [-0.39, 0.29) is 4.88 Å². The Bertz CT molecular complexity index is 644. The minimum absolute atomic E-state index is 0.277. The number of para-hydroxylation sites is 1. The van der Waals surface area contributed by atoms with Crippen LogP contribution in [0.4, 0.5) is 14.5 Å². The van der Waals surface area contributed by atoms with Gasteiger partial charge in [0.15, 0.2) is 0 Å². The number of alkyl halides is 2. The number of thioether (sulfide) groups is 1. The van der Waals surface area contributed by atoms with E-state index in [0.717, 1.165) is 10.4 Å². The van der Waals surface area contributed by atoms with Crippen molar-refractivity contribution in [3.05, 3.63) is 45.6 Å². The molecule has 21 heavy (non-hydrogen) atoms. The van der Waals surface area contributed by atoms with Gasteiger partial charge in [0.25, 0.3) is 5.76 Å².